The molecule has 2 aromatic rings. The first-order chi connectivity index (χ1) is 16.8. The number of nitrogens with one attached hydrogen (secondary N) is 2. The lowest BCUT2D eigenvalue weighted by Crippen LogP contribution is -2.54. The van der Waals surface area contributed by atoms with Gasteiger partial charge in [-0.05, 0) is 30.2 Å². The van der Waals surface area contributed by atoms with Gasteiger partial charge in [0, 0.05) is 31.9 Å². The first-order valence-electron chi connectivity index (χ1n) is 11.3. The van der Waals surface area contributed by atoms with Crippen molar-refractivity contribution in [3.05, 3.63) is 40.8 Å². The molecule has 1 fully saturated rings. The lowest BCUT2D eigenvalue weighted by Gasteiger charge is -2.35. The minimum absolute atomic E-state index is 0.0192. The number of hydrogen-bond acceptors (Lipinski definition) is 9. The van der Waals surface area contributed by atoms with Crippen LogP contribution in [-0.4, -0.2) is 85.1 Å². The van der Waals surface area contributed by atoms with Gasteiger partial charge in [0.25, 0.3) is 11.8 Å². The van der Waals surface area contributed by atoms with Gasteiger partial charge in [0.2, 0.25) is 10.0 Å². The number of rotatable bonds is 11. The Labute approximate surface area is 209 Å². The molecule has 192 valence electrons. The van der Waals surface area contributed by atoms with Crippen molar-refractivity contribution in [3.8, 4) is 0 Å². The lowest BCUT2D eigenvalue weighted by atomic mass is 9.98. The van der Waals surface area contributed by atoms with Crippen LogP contribution in [0.1, 0.15) is 29.9 Å². The molecular formula is C22H31N5O6S2. The third-order valence-corrected chi connectivity index (χ3v) is 8.65. The highest BCUT2D eigenvalue weighted by atomic mass is 32.2. The number of carbonyl (C=O) groups excluding carboxylic acids is 2. The predicted molar refractivity (Wildman–Crippen MR) is 131 cm³/mol. The molecule has 0 bridgehead atoms. The molecule has 2 heterocycles. The van der Waals surface area contributed by atoms with Crippen molar-refractivity contribution in [2.24, 2.45) is 5.92 Å². The summed E-state index contributed by atoms with van der Waals surface area (Å²) in [5.41, 5.74) is 3.61. The largest absolute Gasteiger partial charge is 0.379 e. The molecule has 1 aliphatic rings. The van der Waals surface area contributed by atoms with E-state index in [4.69, 9.17) is 4.74 Å². The minimum Gasteiger partial charge on any atom is -0.379 e. The number of morpholine rings is 1. The highest BCUT2D eigenvalue weighted by Gasteiger charge is 2.39. The summed E-state index contributed by atoms with van der Waals surface area (Å²) in [6.45, 7) is 6.57. The molecule has 3 rings (SSSR count). The van der Waals surface area contributed by atoms with Gasteiger partial charge in [-0.25, -0.2) is 13.9 Å². The summed E-state index contributed by atoms with van der Waals surface area (Å²) >= 11 is 1.20. The normalized spacial score (nSPS) is 16.6. The third-order valence-electron chi connectivity index (χ3n) is 5.99. The number of carbonyl (C=O) groups is 2. The fraction of sp³-hybridized carbons (Fsp3) is 0.500. The van der Waals surface area contributed by atoms with Crippen LogP contribution in [0.4, 0.5) is 5.69 Å². The fourth-order valence-corrected chi connectivity index (χ4v) is 5.99. The van der Waals surface area contributed by atoms with Gasteiger partial charge in [0.15, 0.2) is 0 Å². The second kappa shape index (κ2) is 12.5. The summed E-state index contributed by atoms with van der Waals surface area (Å²) < 4.78 is 34.0. The summed E-state index contributed by atoms with van der Waals surface area (Å²) in [4.78, 5) is 31.2. The van der Waals surface area contributed by atoms with E-state index < -0.39 is 22.0 Å². The number of hydroxylamine groups is 1. The molecule has 1 aromatic carbocycles. The summed E-state index contributed by atoms with van der Waals surface area (Å²) in [6, 6.07) is 4.68. The van der Waals surface area contributed by atoms with Gasteiger partial charge in [0.1, 0.15) is 10.9 Å². The standard InChI is InChI=1S/C22H31N5O6S2/c1-3-16(2)20(22(29)25-30)27(9-8-26-10-12-33-13-11-26)35(31,32)18-6-4-17(5-7-18)24-21(28)19-14-23-15-34-19/h4-7,14-16,20,30H,3,8-13H2,1-2H3,(H,24,28)(H,25,29). The number of benzene rings is 1. The Kier molecular flexibility index (Phi) is 9.71. The molecule has 1 aliphatic heterocycles. The summed E-state index contributed by atoms with van der Waals surface area (Å²) in [7, 11) is -4.12. The number of hydrogen-bond donors (Lipinski definition) is 3. The van der Waals surface area contributed by atoms with E-state index in [1.807, 2.05) is 6.92 Å². The average molecular weight is 526 g/mol. The predicted octanol–water partition coefficient (Wildman–Crippen LogP) is 1.64. The molecule has 0 saturated carbocycles. The maximum atomic E-state index is 13.7. The number of anilines is 1. The van der Waals surface area contributed by atoms with Crippen LogP contribution in [0.15, 0.2) is 40.9 Å². The molecule has 2 amide bonds. The molecule has 35 heavy (non-hydrogen) atoms. The molecule has 11 nitrogen and oxygen atoms in total. The van der Waals surface area contributed by atoms with E-state index >= 15 is 0 Å². The SMILES string of the molecule is CCC(C)C(C(=O)NO)N(CCN1CCOCC1)S(=O)(=O)c1ccc(NC(=O)c2cncs2)cc1. The van der Waals surface area contributed by atoms with Crippen molar-refractivity contribution < 1.29 is 28.0 Å². The van der Waals surface area contributed by atoms with E-state index in [-0.39, 0.29) is 23.3 Å². The number of aromatic nitrogens is 1. The average Bonchev–Trinajstić information content (AvgIpc) is 3.42. The van der Waals surface area contributed by atoms with E-state index in [0.717, 1.165) is 4.31 Å². The van der Waals surface area contributed by atoms with E-state index in [1.54, 1.807) is 17.9 Å². The third kappa shape index (κ3) is 6.84. The Morgan fingerprint density at radius 1 is 1.26 bits per heavy atom. The van der Waals surface area contributed by atoms with Crippen LogP contribution >= 0.6 is 11.3 Å². The van der Waals surface area contributed by atoms with E-state index in [2.05, 4.69) is 15.2 Å². The summed E-state index contributed by atoms with van der Waals surface area (Å²) in [6.07, 6.45) is 1.98. The Bertz CT molecular complexity index is 1070. The summed E-state index contributed by atoms with van der Waals surface area (Å²) in [5.74, 6) is -1.47. The highest BCUT2D eigenvalue weighted by Crippen LogP contribution is 2.25. The lowest BCUT2D eigenvalue weighted by molar-refractivity contribution is -0.135. The zero-order chi connectivity index (χ0) is 25.4. The zero-order valence-electron chi connectivity index (χ0n) is 19.7. The molecule has 13 heteroatoms. The second-order valence-electron chi connectivity index (χ2n) is 8.22. The van der Waals surface area contributed by atoms with Gasteiger partial charge in [-0.3, -0.25) is 24.7 Å². The van der Waals surface area contributed by atoms with Gasteiger partial charge in [-0.2, -0.15) is 4.31 Å². The van der Waals surface area contributed by atoms with Gasteiger partial charge in [-0.15, -0.1) is 11.3 Å². The maximum Gasteiger partial charge on any atom is 0.267 e. The molecule has 3 N–H and O–H groups in total. The van der Waals surface area contributed by atoms with Crippen molar-refractivity contribution in [3.63, 3.8) is 0 Å². The van der Waals surface area contributed by atoms with Crippen LogP contribution in [0.2, 0.25) is 0 Å². The van der Waals surface area contributed by atoms with Crippen LogP contribution in [0.3, 0.4) is 0 Å². The van der Waals surface area contributed by atoms with E-state index in [0.29, 0.717) is 49.8 Å². The topological polar surface area (TPSA) is 141 Å². The molecular weight excluding hydrogens is 494 g/mol. The molecule has 0 spiro atoms. The minimum atomic E-state index is -4.12. The fourth-order valence-electron chi connectivity index (χ4n) is 3.80. The first-order valence-corrected chi connectivity index (χ1v) is 13.7. The van der Waals surface area contributed by atoms with Gasteiger partial charge >= 0.3 is 0 Å². The van der Waals surface area contributed by atoms with Gasteiger partial charge in [-0.1, -0.05) is 20.3 Å². The Morgan fingerprint density at radius 2 is 1.94 bits per heavy atom. The first kappa shape index (κ1) is 27.2. The zero-order valence-corrected chi connectivity index (χ0v) is 21.3. The van der Waals surface area contributed by atoms with Crippen molar-refractivity contribution >= 4 is 38.9 Å². The van der Waals surface area contributed by atoms with Crippen molar-refractivity contribution in [1.82, 2.24) is 19.7 Å². The quantitative estimate of drug-likeness (QED) is 0.297. The highest BCUT2D eigenvalue weighted by molar-refractivity contribution is 7.89. The number of thiazole rings is 1. The van der Waals surface area contributed by atoms with Crippen LogP contribution in [0, 0.1) is 5.92 Å². The Hall–Kier alpha value is -2.42. The number of amides is 2. The molecule has 2 unspecified atom stereocenters. The molecule has 2 atom stereocenters. The number of nitrogens with zero attached hydrogens (tertiary/aromatic N) is 3. The molecule has 1 saturated heterocycles. The van der Waals surface area contributed by atoms with Crippen LogP contribution < -0.4 is 10.8 Å². The van der Waals surface area contributed by atoms with Gasteiger partial charge < -0.3 is 10.1 Å². The molecule has 1 aromatic heterocycles. The molecule has 0 radical (unpaired) electrons. The second-order valence-corrected chi connectivity index (χ2v) is 11.0. The number of ether oxygens (including phenoxy) is 1. The maximum absolute atomic E-state index is 13.7. The summed E-state index contributed by atoms with van der Waals surface area (Å²) in [5, 5.41) is 12.1. The van der Waals surface area contributed by atoms with Crippen molar-refractivity contribution in [2.75, 3.05) is 44.7 Å². The Balaban J connectivity index is 1.86. The van der Waals surface area contributed by atoms with E-state index in [9.17, 15) is 23.2 Å². The monoisotopic (exact) mass is 525 g/mol. The van der Waals surface area contributed by atoms with Crippen molar-refractivity contribution in [1.29, 1.82) is 0 Å². The van der Waals surface area contributed by atoms with Crippen LogP contribution in [0.5, 0.6) is 0 Å². The van der Waals surface area contributed by atoms with Gasteiger partial charge in [0.05, 0.1) is 29.8 Å². The Morgan fingerprint density at radius 3 is 2.51 bits per heavy atom. The number of sulfonamides is 1. The molecule has 0 aliphatic carbocycles. The van der Waals surface area contributed by atoms with Crippen molar-refractivity contribution in [2.45, 2.75) is 31.2 Å². The van der Waals surface area contributed by atoms with Crippen LogP contribution in [-0.2, 0) is 19.6 Å². The van der Waals surface area contributed by atoms with E-state index in [1.165, 1.54) is 41.8 Å². The smallest absolute Gasteiger partial charge is 0.267 e. The van der Waals surface area contributed by atoms with Crippen LogP contribution in [0.25, 0.3) is 0 Å².